The van der Waals surface area contributed by atoms with Gasteiger partial charge in [0.15, 0.2) is 0 Å². The Morgan fingerprint density at radius 1 is 1.04 bits per heavy atom. The van der Waals surface area contributed by atoms with Crippen LogP contribution in [0.2, 0.25) is 0 Å². The van der Waals surface area contributed by atoms with Gasteiger partial charge in [-0.15, -0.1) is 0 Å². The van der Waals surface area contributed by atoms with E-state index in [1.807, 2.05) is 61.5 Å². The fourth-order valence-electron chi connectivity index (χ4n) is 3.78. The van der Waals surface area contributed by atoms with E-state index >= 15 is 0 Å². The van der Waals surface area contributed by atoms with Gasteiger partial charge in [-0.3, -0.25) is 10.1 Å². The smallest absolute Gasteiger partial charge is 0.325 e. The van der Waals surface area contributed by atoms with Crippen molar-refractivity contribution in [1.82, 2.24) is 10.2 Å². The summed E-state index contributed by atoms with van der Waals surface area (Å²) < 4.78 is 0. The van der Waals surface area contributed by atoms with Crippen molar-refractivity contribution in [2.45, 2.75) is 38.8 Å². The molecule has 3 heterocycles. The molecule has 0 aliphatic carbocycles. The zero-order valence-corrected chi connectivity index (χ0v) is 16.1. The summed E-state index contributed by atoms with van der Waals surface area (Å²) >= 11 is 0. The molecular formula is C23H30N2O2. The van der Waals surface area contributed by atoms with E-state index < -0.39 is 12.0 Å². The standard InChI is InChI=1S/C16H17NO2.C7H13N/c1-12-7-9-13(10-8-12)11-17-15(16(18)19)14-5-3-2-4-6-14;1-4-8-5-2-7(1)3-6-8/h2-10,15,17H,11H2,1H3,(H,18,19);7H,1-6H2. The number of hydrogen-bond acceptors (Lipinski definition) is 3. The van der Waals surface area contributed by atoms with Gasteiger partial charge in [0.1, 0.15) is 6.04 Å². The van der Waals surface area contributed by atoms with Crippen LogP contribution in [0.4, 0.5) is 0 Å². The zero-order valence-electron chi connectivity index (χ0n) is 16.1. The van der Waals surface area contributed by atoms with Crippen LogP contribution in [0.3, 0.4) is 0 Å². The lowest BCUT2D eigenvalue weighted by atomic mass is 9.89. The van der Waals surface area contributed by atoms with Crippen molar-refractivity contribution in [2.24, 2.45) is 5.92 Å². The molecule has 2 aromatic carbocycles. The number of aliphatic carboxylic acids is 1. The predicted octanol–water partition coefficient (Wildman–Crippen LogP) is 4.01. The summed E-state index contributed by atoms with van der Waals surface area (Å²) in [4.78, 5) is 13.9. The first-order chi connectivity index (χ1) is 13.1. The van der Waals surface area contributed by atoms with Crippen molar-refractivity contribution >= 4 is 5.97 Å². The number of nitrogens with one attached hydrogen (secondary N) is 1. The molecule has 2 aromatic rings. The minimum atomic E-state index is -0.863. The Kier molecular flexibility index (Phi) is 7.02. The normalized spacial score (nSPS) is 21.8. The third-order valence-corrected chi connectivity index (χ3v) is 5.57. The van der Waals surface area contributed by atoms with E-state index in [9.17, 15) is 9.90 Å². The van der Waals surface area contributed by atoms with Crippen LogP contribution in [0.25, 0.3) is 0 Å². The summed E-state index contributed by atoms with van der Waals surface area (Å²) in [7, 11) is 0. The lowest BCUT2D eigenvalue weighted by Gasteiger charge is -2.38. The summed E-state index contributed by atoms with van der Waals surface area (Å²) in [6, 6.07) is 16.6. The average Bonchev–Trinajstić information content (AvgIpc) is 2.72. The van der Waals surface area contributed by atoms with Gasteiger partial charge < -0.3 is 10.0 Å². The minimum absolute atomic E-state index is 0.534. The first-order valence-electron chi connectivity index (χ1n) is 9.91. The van der Waals surface area contributed by atoms with Crippen LogP contribution in [0.1, 0.15) is 42.0 Å². The van der Waals surface area contributed by atoms with Gasteiger partial charge in [-0.25, -0.2) is 0 Å². The van der Waals surface area contributed by atoms with Crippen LogP contribution < -0.4 is 5.32 Å². The lowest BCUT2D eigenvalue weighted by molar-refractivity contribution is -0.139. The summed E-state index contributed by atoms with van der Waals surface area (Å²) in [6.07, 6.45) is 4.46. The van der Waals surface area contributed by atoms with E-state index in [2.05, 4.69) is 10.2 Å². The van der Waals surface area contributed by atoms with Crippen molar-refractivity contribution in [2.75, 3.05) is 19.6 Å². The summed E-state index contributed by atoms with van der Waals surface area (Å²) in [5, 5.41) is 12.4. The summed E-state index contributed by atoms with van der Waals surface area (Å²) in [5.74, 6) is 0.248. The van der Waals surface area contributed by atoms with E-state index in [0.29, 0.717) is 6.54 Å². The number of piperidine rings is 3. The summed E-state index contributed by atoms with van der Waals surface area (Å²) in [6.45, 7) is 6.74. The number of fused-ring (bicyclic) bond motifs is 3. The van der Waals surface area contributed by atoms with E-state index in [1.54, 1.807) is 0 Å². The van der Waals surface area contributed by atoms with Crippen molar-refractivity contribution in [3.05, 3.63) is 71.3 Å². The van der Waals surface area contributed by atoms with Gasteiger partial charge in [0.25, 0.3) is 0 Å². The van der Waals surface area contributed by atoms with Crippen LogP contribution in [0.15, 0.2) is 54.6 Å². The van der Waals surface area contributed by atoms with Gasteiger partial charge in [0.2, 0.25) is 0 Å². The topological polar surface area (TPSA) is 52.6 Å². The van der Waals surface area contributed by atoms with Crippen LogP contribution in [0.5, 0.6) is 0 Å². The van der Waals surface area contributed by atoms with Gasteiger partial charge >= 0.3 is 5.97 Å². The Morgan fingerprint density at radius 2 is 1.63 bits per heavy atom. The maximum absolute atomic E-state index is 11.3. The molecule has 1 unspecified atom stereocenters. The third-order valence-electron chi connectivity index (χ3n) is 5.57. The van der Waals surface area contributed by atoms with Crippen molar-refractivity contribution in [1.29, 1.82) is 0 Å². The number of nitrogens with zero attached hydrogens (tertiary/aromatic N) is 1. The number of rotatable bonds is 5. The van der Waals surface area contributed by atoms with E-state index in [1.165, 1.54) is 44.5 Å². The molecule has 0 amide bonds. The Bertz CT molecular complexity index is 684. The minimum Gasteiger partial charge on any atom is -0.480 e. The second-order valence-corrected chi connectivity index (χ2v) is 7.62. The molecule has 0 aromatic heterocycles. The molecule has 2 bridgehead atoms. The van der Waals surface area contributed by atoms with Gasteiger partial charge in [-0.2, -0.15) is 0 Å². The summed E-state index contributed by atoms with van der Waals surface area (Å²) in [5.41, 5.74) is 3.04. The predicted molar refractivity (Wildman–Crippen MR) is 109 cm³/mol. The van der Waals surface area contributed by atoms with Crippen LogP contribution >= 0.6 is 0 Å². The maximum Gasteiger partial charge on any atom is 0.325 e. The molecule has 3 fully saturated rings. The highest BCUT2D eigenvalue weighted by atomic mass is 16.4. The molecule has 1 atom stereocenters. The molecule has 4 heteroatoms. The highest BCUT2D eigenvalue weighted by Crippen LogP contribution is 2.26. The van der Waals surface area contributed by atoms with Crippen LogP contribution in [-0.2, 0) is 11.3 Å². The van der Waals surface area contributed by atoms with E-state index in [4.69, 9.17) is 0 Å². The SMILES string of the molecule is C1CN2CCC1CC2.Cc1ccc(CNC(C(=O)O)c2ccccc2)cc1. The average molecular weight is 367 g/mol. The van der Waals surface area contributed by atoms with E-state index in [-0.39, 0.29) is 0 Å². The van der Waals surface area contributed by atoms with Crippen molar-refractivity contribution < 1.29 is 9.90 Å². The molecule has 3 aliphatic rings. The molecule has 3 aliphatic heterocycles. The maximum atomic E-state index is 11.3. The Morgan fingerprint density at radius 3 is 2.07 bits per heavy atom. The molecule has 3 saturated heterocycles. The number of carbonyl (C=O) groups is 1. The highest BCUT2D eigenvalue weighted by molar-refractivity contribution is 5.75. The monoisotopic (exact) mass is 366 g/mol. The second-order valence-electron chi connectivity index (χ2n) is 7.62. The molecule has 144 valence electrons. The Hall–Kier alpha value is -2.17. The quantitative estimate of drug-likeness (QED) is 0.839. The molecule has 0 spiro atoms. The highest BCUT2D eigenvalue weighted by Gasteiger charge is 2.24. The molecular weight excluding hydrogens is 336 g/mol. The molecule has 0 radical (unpaired) electrons. The van der Waals surface area contributed by atoms with Gasteiger partial charge in [0, 0.05) is 6.54 Å². The largest absolute Gasteiger partial charge is 0.480 e. The number of carboxylic acids is 1. The molecule has 4 nitrogen and oxygen atoms in total. The number of aryl methyl sites for hydroxylation is 1. The van der Waals surface area contributed by atoms with Crippen molar-refractivity contribution in [3.8, 4) is 0 Å². The van der Waals surface area contributed by atoms with Gasteiger partial charge in [-0.05, 0) is 62.9 Å². The first kappa shape index (κ1) is 19.6. The number of hydrogen-bond donors (Lipinski definition) is 2. The lowest BCUT2D eigenvalue weighted by Crippen LogP contribution is -2.41. The molecule has 27 heavy (non-hydrogen) atoms. The third kappa shape index (κ3) is 5.91. The number of carboxylic acid groups (broad SMARTS) is 1. The zero-order chi connectivity index (χ0) is 19.1. The van der Waals surface area contributed by atoms with Crippen LogP contribution in [0, 0.1) is 12.8 Å². The second kappa shape index (κ2) is 9.67. The number of benzene rings is 2. The molecule has 5 rings (SSSR count). The fraction of sp³-hybridized carbons (Fsp3) is 0.435. The van der Waals surface area contributed by atoms with Gasteiger partial charge in [0.05, 0.1) is 0 Å². The Labute approximate surface area is 162 Å². The van der Waals surface area contributed by atoms with Gasteiger partial charge in [-0.1, -0.05) is 60.2 Å². The molecule has 2 N–H and O–H groups in total. The van der Waals surface area contributed by atoms with Crippen molar-refractivity contribution in [3.63, 3.8) is 0 Å². The fourth-order valence-corrected chi connectivity index (χ4v) is 3.78. The first-order valence-corrected chi connectivity index (χ1v) is 9.91. The van der Waals surface area contributed by atoms with Crippen LogP contribution in [-0.4, -0.2) is 35.6 Å². The Balaban J connectivity index is 0.000000216. The van der Waals surface area contributed by atoms with E-state index in [0.717, 1.165) is 17.0 Å². The molecule has 0 saturated carbocycles.